The molecule has 0 aromatic rings. The van der Waals surface area contributed by atoms with Crippen molar-refractivity contribution in [2.75, 3.05) is 0 Å². The van der Waals surface area contributed by atoms with Gasteiger partial charge in [0.05, 0.1) is 0 Å². The highest BCUT2D eigenvalue weighted by molar-refractivity contribution is 6.22. The van der Waals surface area contributed by atoms with Gasteiger partial charge in [-0.15, -0.1) is 0 Å². The second-order valence-electron chi connectivity index (χ2n) is 5.17. The van der Waals surface area contributed by atoms with Gasteiger partial charge in [-0.05, 0) is 24.7 Å². The molecule has 0 saturated heterocycles. The standard InChI is InChI=1S/2C7H10O3.C2H4O4Si/c2*1-6(3-2-4-8)5-7(9)10;3-1-5-7-6-2-4/h2*2,6H,3,5H2,1H3,(H,9,10);1-2H,7H2. The number of rotatable bonds is 12. The van der Waals surface area contributed by atoms with E-state index in [2.05, 4.69) is 8.85 Å². The third kappa shape index (κ3) is 35.1. The third-order valence-corrected chi connectivity index (χ3v) is 3.07. The molecular formula is C16H24O10Si. The van der Waals surface area contributed by atoms with E-state index in [1.165, 1.54) is 12.2 Å². The molecule has 0 bridgehead atoms. The van der Waals surface area contributed by atoms with E-state index in [1.807, 2.05) is 0 Å². The smallest absolute Gasteiger partial charge is 0.431 e. The average molecular weight is 404 g/mol. The summed E-state index contributed by atoms with van der Waals surface area (Å²) >= 11 is 0. The highest BCUT2D eigenvalue weighted by Crippen LogP contribution is 2.06. The number of allylic oxidation sites excluding steroid dienone is 2. The molecule has 152 valence electrons. The molecule has 0 spiro atoms. The first-order valence-corrected chi connectivity index (χ1v) is 8.83. The zero-order valence-corrected chi connectivity index (χ0v) is 16.6. The van der Waals surface area contributed by atoms with Gasteiger partial charge in [0.15, 0.2) is 0 Å². The van der Waals surface area contributed by atoms with Gasteiger partial charge in [0.25, 0.3) is 12.9 Å². The van der Waals surface area contributed by atoms with Crippen LogP contribution in [0.2, 0.25) is 0 Å². The molecule has 0 aliphatic rings. The molecule has 0 radical (unpaired) electrons. The average Bonchev–Trinajstić information content (AvgIpc) is 2.58. The van der Waals surface area contributed by atoms with Crippen molar-refractivity contribution < 1.29 is 47.8 Å². The Morgan fingerprint density at radius 3 is 1.44 bits per heavy atom. The predicted molar refractivity (Wildman–Crippen MR) is 95.4 cm³/mol. The van der Waals surface area contributed by atoms with E-state index < -0.39 is 21.9 Å². The quantitative estimate of drug-likeness (QED) is 0.197. The van der Waals surface area contributed by atoms with Crippen molar-refractivity contribution in [1.82, 2.24) is 0 Å². The minimum Gasteiger partial charge on any atom is -0.492 e. The van der Waals surface area contributed by atoms with Crippen LogP contribution in [0.3, 0.4) is 0 Å². The molecule has 2 N–H and O–H groups in total. The normalized spacial score (nSPS) is 10.4. The summed E-state index contributed by atoms with van der Waals surface area (Å²) in [5, 5.41) is 16.5. The topological polar surface area (TPSA) is 161 Å². The van der Waals surface area contributed by atoms with Crippen molar-refractivity contribution in [3.63, 3.8) is 0 Å². The summed E-state index contributed by atoms with van der Waals surface area (Å²) in [6, 6.07) is 0. The van der Waals surface area contributed by atoms with Crippen LogP contribution in [0.4, 0.5) is 0 Å². The lowest BCUT2D eigenvalue weighted by molar-refractivity contribution is -0.139. The summed E-state index contributed by atoms with van der Waals surface area (Å²) in [5.74, 6) is 1.61. The van der Waals surface area contributed by atoms with Crippen molar-refractivity contribution in [3.05, 3.63) is 12.2 Å². The van der Waals surface area contributed by atoms with Crippen molar-refractivity contribution in [1.29, 1.82) is 0 Å². The summed E-state index contributed by atoms with van der Waals surface area (Å²) in [4.78, 5) is 58.0. The molecule has 0 aromatic carbocycles. The Balaban J connectivity index is -0.000000326. The van der Waals surface area contributed by atoms with E-state index in [0.717, 1.165) is 0 Å². The molecule has 0 saturated carbocycles. The van der Waals surface area contributed by atoms with Gasteiger partial charge in [-0.1, -0.05) is 13.8 Å². The number of carboxylic acid groups (broad SMARTS) is 2. The SMILES string of the molecule is CC(CC=C=O)CC(=O)O.CC(CC=C=O)CC(=O)O.O=CO[SiH2]OC=O. The Hall–Kier alpha value is -3.00. The largest absolute Gasteiger partial charge is 0.492 e. The molecule has 0 aliphatic carbocycles. The lowest BCUT2D eigenvalue weighted by atomic mass is 10.0. The lowest BCUT2D eigenvalue weighted by Gasteiger charge is -2.01. The van der Waals surface area contributed by atoms with Crippen LogP contribution in [0.15, 0.2) is 12.2 Å². The summed E-state index contributed by atoms with van der Waals surface area (Å²) in [6.45, 7) is 4.08. The number of carbonyl (C=O) groups excluding carboxylic acids is 4. The molecule has 27 heavy (non-hydrogen) atoms. The maximum absolute atomic E-state index is 10.1. The summed E-state index contributed by atoms with van der Waals surface area (Å²) in [5.41, 5.74) is 0. The van der Waals surface area contributed by atoms with Crippen LogP contribution < -0.4 is 0 Å². The number of hydrogen-bond donors (Lipinski definition) is 2. The maximum Gasteiger partial charge on any atom is 0.431 e. The zero-order chi connectivity index (χ0) is 21.5. The Kier molecular flexibility index (Phi) is 24.5. The Morgan fingerprint density at radius 2 is 1.22 bits per heavy atom. The van der Waals surface area contributed by atoms with Gasteiger partial charge in [0.2, 0.25) is 0 Å². The van der Waals surface area contributed by atoms with E-state index in [0.29, 0.717) is 12.8 Å². The molecule has 10 nitrogen and oxygen atoms in total. The first-order valence-electron chi connectivity index (χ1n) is 7.67. The fraction of sp³-hybridized carbons (Fsp3) is 0.500. The molecule has 0 heterocycles. The van der Waals surface area contributed by atoms with Gasteiger partial charge in [-0.3, -0.25) is 19.2 Å². The van der Waals surface area contributed by atoms with Crippen LogP contribution in [0.5, 0.6) is 0 Å². The van der Waals surface area contributed by atoms with Gasteiger partial charge in [-0.25, -0.2) is 9.59 Å². The van der Waals surface area contributed by atoms with Crippen LogP contribution in [-0.2, 0) is 37.6 Å². The van der Waals surface area contributed by atoms with Gasteiger partial charge in [-0.2, -0.15) is 0 Å². The van der Waals surface area contributed by atoms with Gasteiger partial charge < -0.3 is 19.1 Å². The molecule has 0 aromatic heterocycles. The third-order valence-electron chi connectivity index (χ3n) is 2.53. The fourth-order valence-electron chi connectivity index (χ4n) is 1.36. The number of carbonyl (C=O) groups is 4. The van der Waals surface area contributed by atoms with Crippen LogP contribution >= 0.6 is 0 Å². The summed E-state index contributed by atoms with van der Waals surface area (Å²) in [7, 11) is -1.32. The monoisotopic (exact) mass is 404 g/mol. The van der Waals surface area contributed by atoms with Crippen LogP contribution in [0, 0.1) is 11.8 Å². The van der Waals surface area contributed by atoms with Gasteiger partial charge in [0.1, 0.15) is 11.9 Å². The molecule has 2 atom stereocenters. The second kappa shape index (κ2) is 23.0. The number of aliphatic carboxylic acids is 2. The number of hydrogen-bond acceptors (Lipinski definition) is 8. The molecule has 11 heteroatoms. The summed E-state index contributed by atoms with van der Waals surface area (Å²) < 4.78 is 8.16. The molecule has 0 rings (SSSR count). The van der Waals surface area contributed by atoms with Crippen LogP contribution in [0.1, 0.15) is 39.5 Å². The van der Waals surface area contributed by atoms with Crippen molar-refractivity contribution >= 4 is 46.8 Å². The second-order valence-corrected chi connectivity index (χ2v) is 6.07. The first kappa shape index (κ1) is 28.8. The van der Waals surface area contributed by atoms with Crippen molar-refractivity contribution in [3.8, 4) is 0 Å². The van der Waals surface area contributed by atoms with Crippen LogP contribution in [-0.4, -0.2) is 57.0 Å². The van der Waals surface area contributed by atoms with Crippen molar-refractivity contribution in [2.45, 2.75) is 39.5 Å². The van der Waals surface area contributed by atoms with Gasteiger partial charge in [0, 0.05) is 25.0 Å². The Morgan fingerprint density at radius 1 is 0.889 bits per heavy atom. The maximum atomic E-state index is 10.1. The van der Waals surface area contributed by atoms with E-state index in [1.54, 1.807) is 25.7 Å². The lowest BCUT2D eigenvalue weighted by Crippen LogP contribution is -2.02. The van der Waals surface area contributed by atoms with Crippen molar-refractivity contribution in [2.24, 2.45) is 11.8 Å². The van der Waals surface area contributed by atoms with E-state index in [4.69, 9.17) is 10.2 Å². The Labute approximate surface area is 158 Å². The fourth-order valence-corrected chi connectivity index (χ4v) is 1.55. The minimum absolute atomic E-state index is 0.0268. The van der Waals surface area contributed by atoms with Gasteiger partial charge >= 0.3 is 21.9 Å². The van der Waals surface area contributed by atoms with Crippen LogP contribution in [0.25, 0.3) is 0 Å². The highest BCUT2D eigenvalue weighted by atomic mass is 28.3. The van der Waals surface area contributed by atoms with E-state index in [-0.39, 0.29) is 37.6 Å². The molecule has 0 fully saturated rings. The van der Waals surface area contributed by atoms with E-state index >= 15 is 0 Å². The Bertz CT molecular complexity index is 467. The number of carboxylic acids is 2. The highest BCUT2D eigenvalue weighted by Gasteiger charge is 2.05. The predicted octanol–water partition coefficient (Wildman–Crippen LogP) is 0.0814. The first-order chi connectivity index (χ1) is 12.7. The zero-order valence-electron chi connectivity index (χ0n) is 15.2. The summed E-state index contributed by atoms with van der Waals surface area (Å²) in [6.07, 6.45) is 3.84. The molecule has 0 aliphatic heterocycles. The minimum atomic E-state index is -1.32. The molecule has 2 unspecified atom stereocenters. The molecule has 0 amide bonds. The molecular weight excluding hydrogens is 380 g/mol. The van der Waals surface area contributed by atoms with E-state index in [9.17, 15) is 28.8 Å².